The second-order valence-corrected chi connectivity index (χ2v) is 7.38. The van der Waals surface area contributed by atoms with E-state index >= 15 is 0 Å². The van der Waals surface area contributed by atoms with Crippen LogP contribution in [0.3, 0.4) is 0 Å². The second-order valence-electron chi connectivity index (χ2n) is 6.38. The summed E-state index contributed by atoms with van der Waals surface area (Å²) in [5.74, 6) is -0.142. The van der Waals surface area contributed by atoms with Crippen LogP contribution in [0.2, 0.25) is 0 Å². The number of hydrogen-bond acceptors (Lipinski definition) is 4. The first-order valence-electron chi connectivity index (χ1n) is 9.06. The average molecular weight is 385 g/mol. The summed E-state index contributed by atoms with van der Waals surface area (Å²) in [7, 11) is 0. The van der Waals surface area contributed by atoms with E-state index in [0.29, 0.717) is 10.6 Å². The fraction of sp³-hybridized carbons (Fsp3) is 0.0870. The molecule has 1 unspecified atom stereocenters. The molecule has 28 heavy (non-hydrogen) atoms. The molecule has 0 aliphatic carbocycles. The van der Waals surface area contributed by atoms with Crippen LogP contribution in [0.1, 0.15) is 28.3 Å². The molecule has 1 amide bonds. The van der Waals surface area contributed by atoms with Gasteiger partial charge in [0.2, 0.25) is 0 Å². The monoisotopic (exact) mass is 385 g/mol. The van der Waals surface area contributed by atoms with Crippen LogP contribution in [-0.2, 0) is 0 Å². The Morgan fingerprint density at radius 2 is 1.54 bits per heavy atom. The first kappa shape index (κ1) is 18.1. The highest BCUT2D eigenvalue weighted by molar-refractivity contribution is 7.17. The van der Waals surface area contributed by atoms with Gasteiger partial charge in [-0.05, 0) is 19.1 Å². The fourth-order valence-corrected chi connectivity index (χ4v) is 3.93. The Balaban J connectivity index is 1.70. The number of nitrogens with zero attached hydrogens (tertiary/aromatic N) is 2. The molecule has 0 spiro atoms. The van der Waals surface area contributed by atoms with E-state index in [1.165, 1.54) is 11.3 Å². The highest BCUT2D eigenvalue weighted by Crippen LogP contribution is 2.34. The molecule has 138 valence electrons. The van der Waals surface area contributed by atoms with Crippen LogP contribution in [0.4, 0.5) is 0 Å². The molecule has 0 radical (unpaired) electrons. The molecule has 4 rings (SSSR count). The molecule has 1 N–H and O–H groups in total. The van der Waals surface area contributed by atoms with Crippen LogP contribution in [-0.4, -0.2) is 15.9 Å². The molecule has 0 saturated carbocycles. The third kappa shape index (κ3) is 3.85. The minimum Gasteiger partial charge on any atom is -0.343 e. The standard InChI is InChI=1S/C23H19N3OS/c1-16(19-14-8-9-15-24-19)25-22(27)21-20(17-10-4-2-5-11-17)26-23(28-21)18-12-6-3-7-13-18/h2-16H,1H3,(H,25,27). The van der Waals surface area contributed by atoms with Crippen molar-refractivity contribution in [1.29, 1.82) is 0 Å². The number of hydrogen-bond donors (Lipinski definition) is 1. The maximum absolute atomic E-state index is 13.1. The number of nitrogens with one attached hydrogen (secondary N) is 1. The van der Waals surface area contributed by atoms with E-state index in [1.807, 2.05) is 85.8 Å². The summed E-state index contributed by atoms with van der Waals surface area (Å²) in [5.41, 5.74) is 3.46. The molecule has 0 saturated heterocycles. The van der Waals surface area contributed by atoms with Gasteiger partial charge in [-0.1, -0.05) is 66.7 Å². The van der Waals surface area contributed by atoms with Gasteiger partial charge in [-0.3, -0.25) is 9.78 Å². The highest BCUT2D eigenvalue weighted by atomic mass is 32.1. The van der Waals surface area contributed by atoms with Gasteiger partial charge < -0.3 is 5.32 Å². The van der Waals surface area contributed by atoms with Crippen molar-refractivity contribution < 1.29 is 4.79 Å². The van der Waals surface area contributed by atoms with Crippen molar-refractivity contribution in [2.45, 2.75) is 13.0 Å². The van der Waals surface area contributed by atoms with E-state index in [4.69, 9.17) is 4.98 Å². The topological polar surface area (TPSA) is 54.9 Å². The molecule has 0 fully saturated rings. The summed E-state index contributed by atoms with van der Waals surface area (Å²) in [4.78, 5) is 22.8. The zero-order valence-corrected chi connectivity index (χ0v) is 16.2. The van der Waals surface area contributed by atoms with Gasteiger partial charge in [-0.15, -0.1) is 11.3 Å². The van der Waals surface area contributed by atoms with Crippen molar-refractivity contribution in [3.8, 4) is 21.8 Å². The van der Waals surface area contributed by atoms with Crippen molar-refractivity contribution in [3.63, 3.8) is 0 Å². The number of thiazole rings is 1. The summed E-state index contributed by atoms with van der Waals surface area (Å²) >= 11 is 1.41. The van der Waals surface area contributed by atoms with Crippen LogP contribution >= 0.6 is 11.3 Å². The van der Waals surface area contributed by atoms with E-state index in [2.05, 4.69) is 10.3 Å². The molecule has 0 bridgehead atoms. The molecule has 1 atom stereocenters. The van der Waals surface area contributed by atoms with Gasteiger partial charge in [0.1, 0.15) is 9.88 Å². The van der Waals surface area contributed by atoms with Crippen LogP contribution in [0.15, 0.2) is 85.1 Å². The maximum Gasteiger partial charge on any atom is 0.264 e. The summed E-state index contributed by atoms with van der Waals surface area (Å²) in [6.07, 6.45) is 1.73. The fourth-order valence-electron chi connectivity index (χ4n) is 2.94. The summed E-state index contributed by atoms with van der Waals surface area (Å²) < 4.78 is 0. The number of carbonyl (C=O) groups excluding carboxylic acids is 1. The lowest BCUT2D eigenvalue weighted by Gasteiger charge is -2.13. The normalized spacial score (nSPS) is 11.8. The Labute approximate surface area is 167 Å². The number of rotatable bonds is 5. The molecular formula is C23H19N3OS. The Kier molecular flexibility index (Phi) is 5.26. The zero-order valence-electron chi connectivity index (χ0n) is 15.4. The molecule has 2 aromatic heterocycles. The van der Waals surface area contributed by atoms with Crippen LogP contribution in [0, 0.1) is 0 Å². The Morgan fingerprint density at radius 3 is 2.18 bits per heavy atom. The quantitative estimate of drug-likeness (QED) is 0.503. The molecular weight excluding hydrogens is 366 g/mol. The first-order valence-corrected chi connectivity index (χ1v) is 9.87. The van der Waals surface area contributed by atoms with E-state index in [9.17, 15) is 4.79 Å². The van der Waals surface area contributed by atoms with Gasteiger partial charge in [0.15, 0.2) is 0 Å². The predicted octanol–water partition coefficient (Wildman–Crippen LogP) is 5.36. The van der Waals surface area contributed by atoms with Crippen molar-refractivity contribution in [2.24, 2.45) is 0 Å². The lowest BCUT2D eigenvalue weighted by molar-refractivity contribution is 0.0943. The van der Waals surface area contributed by atoms with Crippen LogP contribution in [0.5, 0.6) is 0 Å². The number of aromatic nitrogens is 2. The number of pyridine rings is 1. The lowest BCUT2D eigenvalue weighted by Crippen LogP contribution is -2.26. The molecule has 0 aliphatic rings. The van der Waals surface area contributed by atoms with Crippen molar-refractivity contribution in [2.75, 3.05) is 0 Å². The van der Waals surface area contributed by atoms with Crippen molar-refractivity contribution in [1.82, 2.24) is 15.3 Å². The zero-order chi connectivity index (χ0) is 19.3. The SMILES string of the molecule is CC(NC(=O)c1sc(-c2ccccc2)nc1-c1ccccc1)c1ccccn1. The van der Waals surface area contributed by atoms with E-state index < -0.39 is 0 Å². The van der Waals surface area contributed by atoms with Gasteiger partial charge in [-0.2, -0.15) is 0 Å². The van der Waals surface area contributed by atoms with Gasteiger partial charge >= 0.3 is 0 Å². The van der Waals surface area contributed by atoms with Crippen molar-refractivity contribution in [3.05, 3.63) is 95.6 Å². The van der Waals surface area contributed by atoms with Gasteiger partial charge in [-0.25, -0.2) is 4.98 Å². The average Bonchev–Trinajstić information content (AvgIpc) is 3.21. The molecule has 0 aliphatic heterocycles. The second kappa shape index (κ2) is 8.15. The summed E-state index contributed by atoms with van der Waals surface area (Å²) in [5, 5.41) is 3.89. The highest BCUT2D eigenvalue weighted by Gasteiger charge is 2.22. The van der Waals surface area contributed by atoms with E-state index in [-0.39, 0.29) is 11.9 Å². The molecule has 5 heteroatoms. The molecule has 4 aromatic rings. The first-order chi connectivity index (χ1) is 13.7. The Morgan fingerprint density at radius 1 is 0.893 bits per heavy atom. The molecule has 2 aromatic carbocycles. The maximum atomic E-state index is 13.1. The largest absolute Gasteiger partial charge is 0.343 e. The van der Waals surface area contributed by atoms with E-state index in [0.717, 1.165) is 21.8 Å². The predicted molar refractivity (Wildman–Crippen MR) is 113 cm³/mol. The third-order valence-electron chi connectivity index (χ3n) is 4.38. The van der Waals surface area contributed by atoms with Crippen molar-refractivity contribution >= 4 is 17.2 Å². The third-order valence-corrected chi connectivity index (χ3v) is 5.48. The molecule has 4 nitrogen and oxygen atoms in total. The van der Waals surface area contributed by atoms with Gasteiger partial charge in [0.25, 0.3) is 5.91 Å². The number of carbonyl (C=O) groups is 1. The minimum atomic E-state index is -0.195. The summed E-state index contributed by atoms with van der Waals surface area (Å²) in [6.45, 7) is 1.93. The minimum absolute atomic E-state index is 0.142. The summed E-state index contributed by atoms with van der Waals surface area (Å²) in [6, 6.07) is 25.2. The Bertz CT molecular complexity index is 1060. The van der Waals surface area contributed by atoms with Gasteiger partial charge in [0.05, 0.1) is 17.4 Å². The number of benzene rings is 2. The lowest BCUT2D eigenvalue weighted by atomic mass is 10.1. The van der Waals surface area contributed by atoms with Crippen LogP contribution < -0.4 is 5.32 Å². The van der Waals surface area contributed by atoms with E-state index in [1.54, 1.807) is 6.20 Å². The number of amides is 1. The molecule has 2 heterocycles. The smallest absolute Gasteiger partial charge is 0.264 e. The van der Waals surface area contributed by atoms with Gasteiger partial charge in [0, 0.05) is 17.3 Å². The van der Waals surface area contributed by atoms with Crippen LogP contribution in [0.25, 0.3) is 21.8 Å². The Hall–Kier alpha value is -3.31.